The molecule has 1 heterocycles. The molecule has 0 bridgehead atoms. The standard InChI is InChI=1S/C15H20BrClN2/c1-4-6-12(5-2)19-14-9-11(16)7-8-13(14)18-15(19)10(3)17/h7-10,12H,4-6H2,1-3H3. The summed E-state index contributed by atoms with van der Waals surface area (Å²) >= 11 is 9.87. The van der Waals surface area contributed by atoms with Gasteiger partial charge in [0.1, 0.15) is 5.82 Å². The Morgan fingerprint density at radius 2 is 2.11 bits per heavy atom. The summed E-state index contributed by atoms with van der Waals surface area (Å²) in [7, 11) is 0. The Balaban J connectivity index is 2.65. The van der Waals surface area contributed by atoms with Gasteiger partial charge in [0.2, 0.25) is 0 Å². The number of aromatic nitrogens is 2. The number of fused-ring (bicyclic) bond motifs is 1. The van der Waals surface area contributed by atoms with E-state index in [2.05, 4.69) is 46.5 Å². The first-order valence-corrected chi connectivity index (χ1v) is 8.12. The molecule has 0 radical (unpaired) electrons. The third-order valence-electron chi connectivity index (χ3n) is 3.49. The zero-order valence-electron chi connectivity index (χ0n) is 11.7. The highest BCUT2D eigenvalue weighted by molar-refractivity contribution is 9.10. The van der Waals surface area contributed by atoms with Crippen molar-refractivity contribution in [3.63, 3.8) is 0 Å². The third kappa shape index (κ3) is 2.97. The van der Waals surface area contributed by atoms with Gasteiger partial charge in [0.15, 0.2) is 0 Å². The molecule has 2 rings (SSSR count). The smallest absolute Gasteiger partial charge is 0.127 e. The maximum absolute atomic E-state index is 6.33. The van der Waals surface area contributed by atoms with E-state index in [4.69, 9.17) is 16.6 Å². The first-order chi connectivity index (χ1) is 9.08. The number of alkyl halides is 1. The van der Waals surface area contributed by atoms with Gasteiger partial charge in [0, 0.05) is 10.5 Å². The average molecular weight is 344 g/mol. The Morgan fingerprint density at radius 3 is 2.68 bits per heavy atom. The Morgan fingerprint density at radius 1 is 1.37 bits per heavy atom. The highest BCUT2D eigenvalue weighted by Gasteiger charge is 2.20. The van der Waals surface area contributed by atoms with E-state index in [0.717, 1.165) is 28.7 Å². The molecule has 2 aromatic rings. The molecule has 0 saturated heterocycles. The molecule has 19 heavy (non-hydrogen) atoms. The predicted molar refractivity (Wildman–Crippen MR) is 85.9 cm³/mol. The maximum atomic E-state index is 6.33. The summed E-state index contributed by atoms with van der Waals surface area (Å²) in [6.45, 7) is 6.45. The molecule has 0 N–H and O–H groups in total. The van der Waals surface area contributed by atoms with Crippen LogP contribution in [0.4, 0.5) is 0 Å². The van der Waals surface area contributed by atoms with Crippen molar-refractivity contribution in [1.82, 2.24) is 9.55 Å². The molecule has 0 fully saturated rings. The van der Waals surface area contributed by atoms with E-state index in [9.17, 15) is 0 Å². The zero-order valence-corrected chi connectivity index (χ0v) is 14.0. The van der Waals surface area contributed by atoms with Crippen molar-refractivity contribution in [2.75, 3.05) is 0 Å². The molecule has 2 nitrogen and oxygen atoms in total. The second-order valence-corrected chi connectivity index (χ2v) is 6.51. The average Bonchev–Trinajstić information content (AvgIpc) is 2.74. The summed E-state index contributed by atoms with van der Waals surface area (Å²) in [5.41, 5.74) is 2.21. The van der Waals surface area contributed by atoms with Gasteiger partial charge in [-0.25, -0.2) is 4.98 Å². The monoisotopic (exact) mass is 342 g/mol. The molecular weight excluding hydrogens is 324 g/mol. The minimum absolute atomic E-state index is 0.0721. The van der Waals surface area contributed by atoms with E-state index in [0.29, 0.717) is 6.04 Å². The zero-order chi connectivity index (χ0) is 14.0. The molecule has 2 atom stereocenters. The van der Waals surface area contributed by atoms with Crippen LogP contribution in [0.25, 0.3) is 11.0 Å². The summed E-state index contributed by atoms with van der Waals surface area (Å²) in [6, 6.07) is 6.70. The van der Waals surface area contributed by atoms with E-state index >= 15 is 0 Å². The van der Waals surface area contributed by atoms with Crippen LogP contribution in [-0.2, 0) is 0 Å². The van der Waals surface area contributed by atoms with Crippen LogP contribution in [0.5, 0.6) is 0 Å². The molecule has 1 aromatic carbocycles. The van der Waals surface area contributed by atoms with Gasteiger partial charge in [-0.2, -0.15) is 0 Å². The van der Waals surface area contributed by atoms with E-state index < -0.39 is 0 Å². The minimum Gasteiger partial charge on any atom is -0.324 e. The third-order valence-corrected chi connectivity index (χ3v) is 4.18. The number of rotatable bonds is 5. The van der Waals surface area contributed by atoms with Crippen molar-refractivity contribution < 1.29 is 0 Å². The van der Waals surface area contributed by atoms with Gasteiger partial charge in [0.05, 0.1) is 16.4 Å². The van der Waals surface area contributed by atoms with Crippen LogP contribution >= 0.6 is 27.5 Å². The first-order valence-electron chi connectivity index (χ1n) is 6.89. The van der Waals surface area contributed by atoms with Crippen LogP contribution in [0, 0.1) is 0 Å². The summed E-state index contributed by atoms with van der Waals surface area (Å²) in [5, 5.41) is -0.0721. The lowest BCUT2D eigenvalue weighted by Crippen LogP contribution is -2.12. The molecule has 0 aliphatic heterocycles. The molecule has 1 aromatic heterocycles. The highest BCUT2D eigenvalue weighted by Crippen LogP contribution is 2.32. The number of benzene rings is 1. The summed E-state index contributed by atoms with van der Waals surface area (Å²) in [6.07, 6.45) is 3.43. The fraction of sp³-hybridized carbons (Fsp3) is 0.533. The lowest BCUT2D eigenvalue weighted by molar-refractivity contribution is 0.444. The largest absolute Gasteiger partial charge is 0.324 e. The molecule has 0 spiro atoms. The van der Waals surface area contributed by atoms with Crippen LogP contribution in [0.1, 0.15) is 57.3 Å². The number of halogens is 2. The molecule has 4 heteroatoms. The van der Waals surface area contributed by atoms with Gasteiger partial charge in [-0.05, 0) is 38.0 Å². The Hall–Kier alpha value is -0.540. The van der Waals surface area contributed by atoms with E-state index in [1.807, 2.05) is 13.0 Å². The second-order valence-electron chi connectivity index (χ2n) is 4.94. The van der Waals surface area contributed by atoms with Gasteiger partial charge in [-0.15, -0.1) is 11.6 Å². The fourth-order valence-electron chi connectivity index (χ4n) is 2.60. The van der Waals surface area contributed by atoms with Crippen molar-refractivity contribution in [2.45, 2.75) is 51.5 Å². The maximum Gasteiger partial charge on any atom is 0.127 e. The summed E-state index contributed by atoms with van der Waals surface area (Å²) in [4.78, 5) is 4.71. The lowest BCUT2D eigenvalue weighted by Gasteiger charge is -2.20. The summed E-state index contributed by atoms with van der Waals surface area (Å²) in [5.74, 6) is 0.982. The topological polar surface area (TPSA) is 17.8 Å². The van der Waals surface area contributed by atoms with Crippen LogP contribution in [0.15, 0.2) is 22.7 Å². The minimum atomic E-state index is -0.0721. The van der Waals surface area contributed by atoms with Crippen LogP contribution in [0.3, 0.4) is 0 Å². The SMILES string of the molecule is CCCC(CC)n1c(C(C)Cl)nc2ccc(Br)cc21. The quantitative estimate of drug-likeness (QED) is 0.623. The Labute approximate surface area is 128 Å². The number of imidazole rings is 1. The van der Waals surface area contributed by atoms with E-state index in [-0.39, 0.29) is 5.38 Å². The van der Waals surface area contributed by atoms with Gasteiger partial charge in [-0.3, -0.25) is 0 Å². The van der Waals surface area contributed by atoms with Gasteiger partial charge in [0.25, 0.3) is 0 Å². The molecule has 0 aliphatic rings. The van der Waals surface area contributed by atoms with Crippen molar-refractivity contribution in [1.29, 1.82) is 0 Å². The Kier molecular flexibility index (Phi) is 4.91. The first kappa shape index (κ1) is 14.9. The van der Waals surface area contributed by atoms with Crippen molar-refractivity contribution in [2.24, 2.45) is 0 Å². The fourth-order valence-corrected chi connectivity index (χ4v) is 3.10. The van der Waals surface area contributed by atoms with Gasteiger partial charge >= 0.3 is 0 Å². The second kappa shape index (κ2) is 6.27. The van der Waals surface area contributed by atoms with Crippen molar-refractivity contribution in [3.05, 3.63) is 28.5 Å². The van der Waals surface area contributed by atoms with Gasteiger partial charge < -0.3 is 4.57 Å². The lowest BCUT2D eigenvalue weighted by atomic mass is 10.1. The van der Waals surface area contributed by atoms with Gasteiger partial charge in [-0.1, -0.05) is 36.2 Å². The van der Waals surface area contributed by atoms with Crippen LogP contribution in [-0.4, -0.2) is 9.55 Å². The molecule has 104 valence electrons. The molecule has 2 unspecified atom stereocenters. The van der Waals surface area contributed by atoms with E-state index in [1.54, 1.807) is 0 Å². The number of hydrogen-bond acceptors (Lipinski definition) is 1. The molecule has 0 saturated carbocycles. The van der Waals surface area contributed by atoms with Crippen molar-refractivity contribution >= 4 is 38.6 Å². The normalized spacial score (nSPS) is 14.8. The Bertz CT molecular complexity index is 563. The number of hydrogen-bond donors (Lipinski definition) is 0. The van der Waals surface area contributed by atoms with Crippen LogP contribution in [0.2, 0.25) is 0 Å². The molecule has 0 amide bonds. The predicted octanol–water partition coefficient (Wildman–Crippen LogP) is 5.85. The molecule has 0 aliphatic carbocycles. The summed E-state index contributed by atoms with van der Waals surface area (Å²) < 4.78 is 3.42. The highest BCUT2D eigenvalue weighted by atomic mass is 79.9. The number of nitrogens with zero attached hydrogens (tertiary/aromatic N) is 2. The molecular formula is C15H20BrClN2. The van der Waals surface area contributed by atoms with Crippen LogP contribution < -0.4 is 0 Å². The van der Waals surface area contributed by atoms with E-state index in [1.165, 1.54) is 11.9 Å². The van der Waals surface area contributed by atoms with Crippen molar-refractivity contribution in [3.8, 4) is 0 Å².